The number of pyridine rings is 1. The van der Waals surface area contributed by atoms with Gasteiger partial charge in [0.05, 0.1) is 36.7 Å². The number of nitrogens with two attached hydrogens (primary N) is 1. The fourth-order valence-corrected chi connectivity index (χ4v) is 3.25. The Morgan fingerprint density at radius 3 is 3.04 bits per heavy atom. The number of nitrogens with zero attached hydrogens (tertiary/aromatic N) is 3. The number of hydrogen-bond donors (Lipinski definition) is 2. The molecule has 3 aromatic rings. The van der Waals surface area contributed by atoms with Crippen LogP contribution in [0.25, 0.3) is 21.9 Å². The van der Waals surface area contributed by atoms with Gasteiger partial charge in [-0.25, -0.2) is 9.97 Å². The van der Waals surface area contributed by atoms with Crippen LogP contribution in [-0.4, -0.2) is 38.8 Å². The molecular formula is C16H16N4O3. The summed E-state index contributed by atoms with van der Waals surface area (Å²) in [6.07, 6.45) is 0.605. The lowest BCUT2D eigenvalue weighted by Gasteiger charge is -2.17. The minimum absolute atomic E-state index is 0.0188. The van der Waals surface area contributed by atoms with Crippen LogP contribution in [0.3, 0.4) is 0 Å². The fourth-order valence-electron chi connectivity index (χ4n) is 3.25. The van der Waals surface area contributed by atoms with E-state index in [-0.39, 0.29) is 12.5 Å². The Hall–Kier alpha value is -2.67. The van der Waals surface area contributed by atoms with Gasteiger partial charge in [0, 0.05) is 11.8 Å². The zero-order valence-electron chi connectivity index (χ0n) is 12.4. The monoisotopic (exact) mass is 312 g/mol. The summed E-state index contributed by atoms with van der Waals surface area (Å²) in [5, 5.41) is 10.2. The average Bonchev–Trinajstić information content (AvgIpc) is 2.80. The quantitative estimate of drug-likeness (QED) is 0.747. The van der Waals surface area contributed by atoms with Crippen molar-refractivity contribution in [3.05, 3.63) is 30.1 Å². The van der Waals surface area contributed by atoms with Gasteiger partial charge in [-0.1, -0.05) is 18.2 Å². The maximum absolute atomic E-state index is 11.3. The molecule has 3 N–H and O–H groups in total. The molecular weight excluding hydrogens is 296 g/mol. The summed E-state index contributed by atoms with van der Waals surface area (Å²) >= 11 is 0. The van der Waals surface area contributed by atoms with Gasteiger partial charge in [0.2, 0.25) is 0 Å². The number of carbonyl (C=O) groups is 1. The number of aliphatic carboxylic acids is 1. The van der Waals surface area contributed by atoms with Crippen molar-refractivity contribution in [3.63, 3.8) is 0 Å². The molecule has 4 rings (SSSR count). The van der Waals surface area contributed by atoms with Crippen LogP contribution in [0, 0.1) is 0 Å². The van der Waals surface area contributed by atoms with E-state index in [0.717, 1.165) is 22.2 Å². The molecule has 0 amide bonds. The minimum Gasteiger partial charge on any atom is -0.481 e. The molecule has 7 nitrogen and oxygen atoms in total. The third-order valence-electron chi connectivity index (χ3n) is 4.18. The topological polar surface area (TPSA) is 103 Å². The molecule has 118 valence electrons. The molecule has 23 heavy (non-hydrogen) atoms. The first-order chi connectivity index (χ1) is 11.1. The van der Waals surface area contributed by atoms with Crippen molar-refractivity contribution < 1.29 is 14.6 Å². The summed E-state index contributed by atoms with van der Waals surface area (Å²) < 4.78 is 7.55. The molecule has 0 aliphatic carbocycles. The van der Waals surface area contributed by atoms with E-state index >= 15 is 0 Å². The highest BCUT2D eigenvalue weighted by Gasteiger charge is 2.26. The molecule has 2 aromatic heterocycles. The summed E-state index contributed by atoms with van der Waals surface area (Å²) in [6.45, 7) is 0.867. The number of aromatic nitrogens is 3. The molecule has 1 aliphatic rings. The van der Waals surface area contributed by atoms with E-state index in [0.29, 0.717) is 31.0 Å². The second-order valence-corrected chi connectivity index (χ2v) is 5.69. The van der Waals surface area contributed by atoms with Crippen molar-refractivity contribution in [2.24, 2.45) is 0 Å². The molecule has 1 atom stereocenters. The van der Waals surface area contributed by atoms with Crippen molar-refractivity contribution in [2.45, 2.75) is 18.9 Å². The highest BCUT2D eigenvalue weighted by Crippen LogP contribution is 2.33. The number of rotatable bonds is 2. The minimum atomic E-state index is -0.861. The Morgan fingerprint density at radius 2 is 2.22 bits per heavy atom. The molecule has 0 saturated carbocycles. The fraction of sp³-hybridized carbons (Fsp3) is 0.312. The van der Waals surface area contributed by atoms with Crippen molar-refractivity contribution in [2.75, 3.05) is 18.9 Å². The molecule has 0 radical (unpaired) electrons. The van der Waals surface area contributed by atoms with Crippen LogP contribution >= 0.6 is 0 Å². The van der Waals surface area contributed by atoms with E-state index in [4.69, 9.17) is 10.5 Å². The second-order valence-electron chi connectivity index (χ2n) is 5.69. The molecule has 1 aromatic carbocycles. The maximum atomic E-state index is 11.3. The van der Waals surface area contributed by atoms with Gasteiger partial charge < -0.3 is 20.1 Å². The number of benzene rings is 1. The number of nitrogen functional groups attached to an aromatic ring is 1. The van der Waals surface area contributed by atoms with Gasteiger partial charge >= 0.3 is 5.97 Å². The first-order valence-corrected chi connectivity index (χ1v) is 7.49. The predicted octanol–water partition coefficient (Wildman–Crippen LogP) is 1.76. The average molecular weight is 312 g/mol. The van der Waals surface area contributed by atoms with Crippen LogP contribution in [0.5, 0.6) is 0 Å². The molecule has 0 saturated heterocycles. The standard InChI is InChI=1S/C16H16N4O3/c17-16-14-15(10-3-1-2-4-11(10)18-16)20-9(7-13(21)22)8-23-6-5-12(20)19-14/h1-4,9H,5-8H2,(H2,17,18)(H,21,22). The Balaban J connectivity index is 2.08. The number of ether oxygens (including phenoxy) is 1. The summed E-state index contributed by atoms with van der Waals surface area (Å²) in [5.41, 5.74) is 8.35. The van der Waals surface area contributed by atoms with Gasteiger partial charge in [-0.15, -0.1) is 0 Å². The number of para-hydroxylation sites is 1. The smallest absolute Gasteiger partial charge is 0.305 e. The number of carboxylic acids is 1. The van der Waals surface area contributed by atoms with Crippen molar-refractivity contribution >= 4 is 33.7 Å². The lowest BCUT2D eigenvalue weighted by Crippen LogP contribution is -2.18. The van der Waals surface area contributed by atoms with Crippen LogP contribution in [0.1, 0.15) is 18.3 Å². The van der Waals surface area contributed by atoms with E-state index in [1.165, 1.54) is 0 Å². The van der Waals surface area contributed by atoms with Crippen LogP contribution in [0.4, 0.5) is 5.82 Å². The SMILES string of the molecule is Nc1nc2ccccc2c2c1nc1n2C(CC(=O)O)COCC1. The van der Waals surface area contributed by atoms with E-state index in [1.807, 2.05) is 28.8 Å². The highest BCUT2D eigenvalue weighted by atomic mass is 16.5. The molecule has 0 spiro atoms. The summed E-state index contributed by atoms with van der Waals surface area (Å²) in [4.78, 5) is 20.3. The number of carboxylic acid groups (broad SMARTS) is 1. The Bertz CT molecular complexity index is 918. The molecule has 7 heteroatoms. The van der Waals surface area contributed by atoms with Crippen LogP contribution in [0.15, 0.2) is 24.3 Å². The molecule has 0 bridgehead atoms. The lowest BCUT2D eigenvalue weighted by molar-refractivity contribution is -0.138. The third kappa shape index (κ3) is 2.20. The van der Waals surface area contributed by atoms with Crippen molar-refractivity contribution in [1.29, 1.82) is 0 Å². The molecule has 0 fully saturated rings. The van der Waals surface area contributed by atoms with E-state index in [2.05, 4.69) is 9.97 Å². The molecule has 1 unspecified atom stereocenters. The summed E-state index contributed by atoms with van der Waals surface area (Å²) in [7, 11) is 0. The number of fused-ring (bicyclic) bond motifs is 5. The highest BCUT2D eigenvalue weighted by molar-refractivity contribution is 6.06. The Kier molecular flexibility index (Phi) is 3.16. The van der Waals surface area contributed by atoms with Crippen LogP contribution in [0.2, 0.25) is 0 Å². The van der Waals surface area contributed by atoms with E-state index in [9.17, 15) is 9.90 Å². The Labute approximate surface area is 131 Å². The van der Waals surface area contributed by atoms with Gasteiger partial charge in [-0.2, -0.15) is 0 Å². The van der Waals surface area contributed by atoms with Gasteiger partial charge in [0.15, 0.2) is 5.82 Å². The largest absolute Gasteiger partial charge is 0.481 e. The zero-order valence-corrected chi connectivity index (χ0v) is 12.4. The lowest BCUT2D eigenvalue weighted by atomic mass is 10.1. The number of imidazole rings is 1. The summed E-state index contributed by atoms with van der Waals surface area (Å²) in [6, 6.07) is 7.38. The first-order valence-electron chi connectivity index (χ1n) is 7.49. The van der Waals surface area contributed by atoms with Crippen LogP contribution < -0.4 is 5.73 Å². The number of anilines is 1. The zero-order chi connectivity index (χ0) is 16.0. The van der Waals surface area contributed by atoms with Gasteiger partial charge in [0.25, 0.3) is 0 Å². The van der Waals surface area contributed by atoms with Crippen LogP contribution in [-0.2, 0) is 16.0 Å². The van der Waals surface area contributed by atoms with E-state index in [1.54, 1.807) is 0 Å². The maximum Gasteiger partial charge on any atom is 0.305 e. The van der Waals surface area contributed by atoms with Crippen molar-refractivity contribution in [1.82, 2.24) is 14.5 Å². The first kappa shape index (κ1) is 14.0. The van der Waals surface area contributed by atoms with Gasteiger partial charge in [-0.3, -0.25) is 4.79 Å². The predicted molar refractivity (Wildman–Crippen MR) is 85.3 cm³/mol. The molecule has 1 aliphatic heterocycles. The van der Waals surface area contributed by atoms with E-state index < -0.39 is 5.97 Å². The normalized spacial score (nSPS) is 18.0. The Morgan fingerprint density at radius 1 is 1.39 bits per heavy atom. The third-order valence-corrected chi connectivity index (χ3v) is 4.18. The second kappa shape index (κ2) is 5.20. The van der Waals surface area contributed by atoms with Crippen molar-refractivity contribution in [3.8, 4) is 0 Å². The molecule has 3 heterocycles. The van der Waals surface area contributed by atoms with Gasteiger partial charge in [-0.05, 0) is 6.07 Å². The summed E-state index contributed by atoms with van der Waals surface area (Å²) in [5.74, 6) is 0.308. The number of hydrogen-bond acceptors (Lipinski definition) is 5. The van der Waals surface area contributed by atoms with Gasteiger partial charge in [0.1, 0.15) is 11.3 Å².